The molecule has 0 saturated heterocycles. The number of nitrogens with zero attached hydrogens (tertiary/aromatic N) is 1. The Kier molecular flexibility index (Phi) is 4.77. The van der Waals surface area contributed by atoms with Crippen molar-refractivity contribution in [1.82, 2.24) is 4.98 Å². The van der Waals surface area contributed by atoms with Gasteiger partial charge in [0.15, 0.2) is 0 Å². The van der Waals surface area contributed by atoms with E-state index in [0.29, 0.717) is 13.2 Å². The molecule has 1 aromatic heterocycles. The molecule has 0 fully saturated rings. The van der Waals surface area contributed by atoms with Gasteiger partial charge in [0.1, 0.15) is 11.6 Å². The van der Waals surface area contributed by atoms with Crippen molar-refractivity contribution in [3.63, 3.8) is 0 Å². The van der Waals surface area contributed by atoms with E-state index >= 15 is 0 Å². The fourth-order valence-electron chi connectivity index (χ4n) is 1.43. The molecule has 0 aromatic carbocycles. The minimum absolute atomic E-state index is 0.116. The first-order valence-electron chi connectivity index (χ1n) is 5.40. The number of hydrogen-bond donors (Lipinski definition) is 2. The van der Waals surface area contributed by atoms with E-state index in [1.165, 1.54) is 0 Å². The zero-order valence-electron chi connectivity index (χ0n) is 10.2. The van der Waals surface area contributed by atoms with E-state index in [2.05, 4.69) is 10.3 Å². The monoisotopic (exact) mass is 263 g/mol. The van der Waals surface area contributed by atoms with E-state index in [-0.39, 0.29) is 17.6 Å². The summed E-state index contributed by atoms with van der Waals surface area (Å²) in [7, 11) is 1.57. The van der Waals surface area contributed by atoms with E-state index in [0.717, 1.165) is 12.1 Å². The third-order valence-corrected chi connectivity index (χ3v) is 2.26. The lowest BCUT2D eigenvalue weighted by molar-refractivity contribution is -0.137. The van der Waals surface area contributed by atoms with Crippen LogP contribution in [0.5, 0.6) is 0 Å². The van der Waals surface area contributed by atoms with E-state index < -0.39 is 11.7 Å². The summed E-state index contributed by atoms with van der Waals surface area (Å²) in [5.74, 6) is 0.115. The lowest BCUT2D eigenvalue weighted by Gasteiger charge is -2.14. The Morgan fingerprint density at radius 1 is 1.44 bits per heavy atom. The highest BCUT2D eigenvalue weighted by molar-refractivity contribution is 5.47. The van der Waals surface area contributed by atoms with Crippen molar-refractivity contribution < 1.29 is 17.9 Å². The second-order valence-electron chi connectivity index (χ2n) is 4.11. The number of nitrogen functional groups attached to an aromatic ring is 1. The van der Waals surface area contributed by atoms with Gasteiger partial charge in [-0.1, -0.05) is 6.92 Å². The molecule has 1 heterocycles. The number of halogens is 3. The van der Waals surface area contributed by atoms with Crippen LogP contribution in [0.2, 0.25) is 0 Å². The van der Waals surface area contributed by atoms with Crippen LogP contribution in [0.3, 0.4) is 0 Å². The maximum absolute atomic E-state index is 12.5. The molecule has 0 spiro atoms. The predicted octanol–water partition coefficient (Wildman–Crippen LogP) is 2.38. The van der Waals surface area contributed by atoms with E-state index in [4.69, 9.17) is 10.5 Å². The van der Waals surface area contributed by atoms with Gasteiger partial charge >= 0.3 is 6.18 Å². The molecule has 3 N–H and O–H groups in total. The molecule has 1 unspecified atom stereocenters. The van der Waals surface area contributed by atoms with Crippen molar-refractivity contribution in [3.8, 4) is 0 Å². The fourth-order valence-corrected chi connectivity index (χ4v) is 1.43. The van der Waals surface area contributed by atoms with Crippen LogP contribution in [0.25, 0.3) is 0 Å². The predicted molar refractivity (Wildman–Crippen MR) is 63.2 cm³/mol. The quantitative estimate of drug-likeness (QED) is 0.856. The van der Waals surface area contributed by atoms with Crippen LogP contribution in [-0.2, 0) is 10.9 Å². The Hall–Kier alpha value is -1.50. The number of alkyl halides is 3. The van der Waals surface area contributed by atoms with Gasteiger partial charge in [0.25, 0.3) is 0 Å². The van der Waals surface area contributed by atoms with Crippen molar-refractivity contribution in [2.45, 2.75) is 13.1 Å². The van der Waals surface area contributed by atoms with Gasteiger partial charge in [-0.15, -0.1) is 0 Å². The number of aromatic nitrogens is 1. The first kappa shape index (κ1) is 14.6. The smallest absolute Gasteiger partial charge is 0.384 e. The summed E-state index contributed by atoms with van der Waals surface area (Å²) in [5.41, 5.74) is 4.54. The Morgan fingerprint density at radius 3 is 2.67 bits per heavy atom. The van der Waals surface area contributed by atoms with Gasteiger partial charge in [-0.05, 0) is 18.1 Å². The summed E-state index contributed by atoms with van der Waals surface area (Å²) in [4.78, 5) is 3.81. The van der Waals surface area contributed by atoms with Crippen LogP contribution in [0, 0.1) is 5.92 Å². The molecule has 18 heavy (non-hydrogen) atoms. The van der Waals surface area contributed by atoms with Crippen LogP contribution in [-0.4, -0.2) is 25.2 Å². The van der Waals surface area contributed by atoms with Gasteiger partial charge in [-0.3, -0.25) is 0 Å². The largest absolute Gasteiger partial charge is 0.416 e. The molecule has 0 saturated carbocycles. The number of nitrogens with one attached hydrogen (secondary N) is 1. The molecule has 1 rings (SSSR count). The van der Waals surface area contributed by atoms with Gasteiger partial charge in [0.2, 0.25) is 0 Å². The summed E-state index contributed by atoms with van der Waals surface area (Å²) in [6.07, 6.45) is -4.42. The fraction of sp³-hybridized carbons (Fsp3) is 0.545. The zero-order chi connectivity index (χ0) is 13.8. The third kappa shape index (κ3) is 4.40. The maximum Gasteiger partial charge on any atom is 0.416 e. The van der Waals surface area contributed by atoms with Crippen LogP contribution in [0.1, 0.15) is 12.5 Å². The summed E-state index contributed by atoms with van der Waals surface area (Å²) < 4.78 is 42.5. The number of anilines is 2. The highest BCUT2D eigenvalue weighted by Crippen LogP contribution is 2.31. The highest BCUT2D eigenvalue weighted by Gasteiger charge is 2.31. The van der Waals surface area contributed by atoms with Crippen molar-refractivity contribution in [1.29, 1.82) is 0 Å². The van der Waals surface area contributed by atoms with Crippen LogP contribution in [0.4, 0.5) is 24.8 Å². The van der Waals surface area contributed by atoms with Crippen LogP contribution < -0.4 is 11.1 Å². The van der Waals surface area contributed by atoms with Gasteiger partial charge < -0.3 is 15.8 Å². The Morgan fingerprint density at radius 2 is 2.11 bits per heavy atom. The molecule has 0 amide bonds. The van der Waals surface area contributed by atoms with E-state index in [9.17, 15) is 13.2 Å². The Bertz CT molecular complexity index is 396. The molecule has 0 aliphatic heterocycles. The molecule has 7 heteroatoms. The molecule has 4 nitrogen and oxygen atoms in total. The minimum Gasteiger partial charge on any atom is -0.384 e. The second kappa shape index (κ2) is 5.90. The number of pyridine rings is 1. The topological polar surface area (TPSA) is 60.2 Å². The highest BCUT2D eigenvalue weighted by atomic mass is 19.4. The average molecular weight is 263 g/mol. The number of nitrogens with two attached hydrogens (primary N) is 1. The standard InChI is InChI=1S/C11H16F3N3O/c1-7(6-18-2)5-16-10-4-8(11(12,13)14)3-9(15)17-10/h3-4,7H,5-6H2,1-2H3,(H3,15,16,17). The van der Waals surface area contributed by atoms with Crippen molar-refractivity contribution in [2.24, 2.45) is 5.92 Å². The van der Waals surface area contributed by atoms with Crippen LogP contribution >= 0.6 is 0 Å². The maximum atomic E-state index is 12.5. The molecule has 0 aliphatic carbocycles. The molecule has 0 bridgehead atoms. The molecule has 1 atom stereocenters. The molecular weight excluding hydrogens is 247 g/mol. The van der Waals surface area contributed by atoms with Crippen molar-refractivity contribution in [2.75, 3.05) is 31.3 Å². The molecule has 102 valence electrons. The molecule has 0 radical (unpaired) electrons. The molecular formula is C11H16F3N3O. The van der Waals surface area contributed by atoms with Crippen molar-refractivity contribution >= 4 is 11.6 Å². The van der Waals surface area contributed by atoms with Gasteiger partial charge in [-0.2, -0.15) is 13.2 Å². The number of methoxy groups -OCH3 is 1. The number of ether oxygens (including phenoxy) is 1. The van der Waals surface area contributed by atoms with Gasteiger partial charge in [0, 0.05) is 13.7 Å². The Labute approximate surface area is 103 Å². The van der Waals surface area contributed by atoms with Gasteiger partial charge in [-0.25, -0.2) is 4.98 Å². The zero-order valence-corrected chi connectivity index (χ0v) is 10.2. The van der Waals surface area contributed by atoms with E-state index in [1.807, 2.05) is 6.92 Å². The van der Waals surface area contributed by atoms with Crippen LogP contribution in [0.15, 0.2) is 12.1 Å². The Balaban J connectivity index is 2.75. The average Bonchev–Trinajstić information content (AvgIpc) is 2.25. The number of hydrogen-bond acceptors (Lipinski definition) is 4. The van der Waals surface area contributed by atoms with Gasteiger partial charge in [0.05, 0.1) is 12.2 Å². The lowest BCUT2D eigenvalue weighted by atomic mass is 10.2. The normalized spacial score (nSPS) is 13.4. The van der Waals surface area contributed by atoms with E-state index in [1.54, 1.807) is 7.11 Å². The van der Waals surface area contributed by atoms with Crippen molar-refractivity contribution in [3.05, 3.63) is 17.7 Å². The first-order valence-corrected chi connectivity index (χ1v) is 5.40. The molecule has 0 aliphatic rings. The minimum atomic E-state index is -4.42. The summed E-state index contributed by atoms with van der Waals surface area (Å²) in [5, 5.41) is 2.81. The SMILES string of the molecule is COCC(C)CNc1cc(C(F)(F)F)cc(N)n1. The lowest BCUT2D eigenvalue weighted by Crippen LogP contribution is -2.17. The first-order chi connectivity index (χ1) is 8.32. The summed E-state index contributed by atoms with van der Waals surface area (Å²) >= 11 is 0. The second-order valence-corrected chi connectivity index (χ2v) is 4.11. The number of rotatable bonds is 5. The third-order valence-electron chi connectivity index (χ3n) is 2.26. The summed E-state index contributed by atoms with van der Waals surface area (Å²) in [6, 6.07) is 1.75. The summed E-state index contributed by atoms with van der Waals surface area (Å²) in [6.45, 7) is 2.89. The molecule has 1 aromatic rings.